The molecule has 1 saturated heterocycles. The Hall–Kier alpha value is -2.71. The second-order valence-electron chi connectivity index (χ2n) is 9.27. The van der Waals surface area contributed by atoms with Crippen LogP contribution in [-0.4, -0.2) is 65.6 Å². The third-order valence-electron chi connectivity index (χ3n) is 6.97. The van der Waals surface area contributed by atoms with Crippen molar-refractivity contribution in [3.8, 4) is 16.9 Å². The van der Waals surface area contributed by atoms with Crippen LogP contribution in [0.25, 0.3) is 21.9 Å². The minimum absolute atomic E-state index is 0. The van der Waals surface area contributed by atoms with Crippen molar-refractivity contribution in [2.45, 2.75) is 38.3 Å². The van der Waals surface area contributed by atoms with Gasteiger partial charge in [-0.3, -0.25) is 0 Å². The number of carboxylic acids is 1. The molecule has 1 fully saturated rings. The number of aliphatic hydroxyl groups excluding tert-OH is 1. The third kappa shape index (κ3) is 6.12. The fraction of sp³-hybridized carbons (Fsp3) is 0.258. The van der Waals surface area contributed by atoms with Crippen LogP contribution in [0.5, 0.6) is 5.75 Å². The molecule has 7 heteroatoms. The van der Waals surface area contributed by atoms with Gasteiger partial charge in [0.1, 0.15) is 12.4 Å². The summed E-state index contributed by atoms with van der Waals surface area (Å²) in [5, 5.41) is 21.5. The maximum absolute atomic E-state index is 12.0. The molecule has 4 aromatic carbocycles. The van der Waals surface area contributed by atoms with Crippen LogP contribution in [-0.2, 0) is 22.7 Å². The van der Waals surface area contributed by atoms with Crippen LogP contribution in [0.15, 0.2) is 78.9 Å². The summed E-state index contributed by atoms with van der Waals surface area (Å²) < 4.78 is 17.6. The summed E-state index contributed by atoms with van der Waals surface area (Å²) >= 11 is 0. The number of fused-ring (bicyclic) bond motifs is 1. The monoisotopic (exact) mass is 522 g/mol. The number of carboxylic acid groups (broad SMARTS) is 1. The van der Waals surface area contributed by atoms with Crippen molar-refractivity contribution >= 4 is 46.3 Å². The molecule has 0 amide bonds. The summed E-state index contributed by atoms with van der Waals surface area (Å²) in [6.45, 7) is 0.681. The van der Waals surface area contributed by atoms with Crippen LogP contribution in [0, 0.1) is 0 Å². The normalized spacial score (nSPS) is 17.1. The molecule has 0 aromatic heterocycles. The Morgan fingerprint density at radius 2 is 1.84 bits per heavy atom. The molecule has 5 rings (SSSR count). The van der Waals surface area contributed by atoms with Gasteiger partial charge < -0.3 is 24.4 Å². The molecule has 0 aliphatic carbocycles. The van der Waals surface area contributed by atoms with E-state index in [0.717, 1.165) is 45.9 Å². The van der Waals surface area contributed by atoms with E-state index < -0.39 is 5.97 Å². The second-order valence-corrected chi connectivity index (χ2v) is 9.27. The van der Waals surface area contributed by atoms with E-state index in [9.17, 15) is 15.0 Å². The molecular formula is C31H31NaO6. The molecule has 0 saturated carbocycles. The number of ether oxygens (including phenoxy) is 3. The van der Waals surface area contributed by atoms with E-state index in [1.54, 1.807) is 13.2 Å². The van der Waals surface area contributed by atoms with Crippen LogP contribution in [0.3, 0.4) is 0 Å². The van der Waals surface area contributed by atoms with Crippen LogP contribution in [0.2, 0.25) is 0 Å². The van der Waals surface area contributed by atoms with Gasteiger partial charge in [0.05, 0.1) is 24.4 Å². The molecular weight excluding hydrogens is 491 g/mol. The first kappa shape index (κ1) is 28.3. The maximum atomic E-state index is 12.0. The number of methoxy groups -OCH3 is 1. The van der Waals surface area contributed by atoms with Crippen molar-refractivity contribution in [1.29, 1.82) is 0 Å². The van der Waals surface area contributed by atoms with E-state index in [4.69, 9.17) is 14.2 Å². The number of aliphatic hydroxyl groups is 1. The standard InChI is InChI=1S/C31H30O6.Na.H/c1-35-24-12-13-36-29(17-24)22-9-5-6-20(14-22)19-37-25-10-11-26-23(15-25)16-27(31(33)34)28(18-32)30(26)21-7-3-2-4-8-21;;/h2-11,14-16,24,29,32H,12-13,17-19H2,1H3,(H,33,34);;. The molecule has 4 aromatic rings. The second kappa shape index (κ2) is 12.9. The molecule has 0 bridgehead atoms. The Balaban J connectivity index is 0.00000336. The summed E-state index contributed by atoms with van der Waals surface area (Å²) in [5.74, 6) is -0.440. The van der Waals surface area contributed by atoms with Crippen molar-refractivity contribution in [3.05, 3.63) is 101 Å². The third-order valence-corrected chi connectivity index (χ3v) is 6.97. The molecule has 2 unspecified atom stereocenters. The van der Waals surface area contributed by atoms with Gasteiger partial charge >= 0.3 is 35.5 Å². The summed E-state index contributed by atoms with van der Waals surface area (Å²) in [6.07, 6.45) is 1.95. The van der Waals surface area contributed by atoms with Gasteiger partial charge in [-0.25, -0.2) is 4.79 Å². The van der Waals surface area contributed by atoms with Crippen molar-refractivity contribution < 1.29 is 29.2 Å². The predicted octanol–water partition coefficient (Wildman–Crippen LogP) is 5.49. The number of hydrogen-bond donors (Lipinski definition) is 2. The van der Waals surface area contributed by atoms with E-state index in [1.165, 1.54) is 0 Å². The molecule has 0 radical (unpaired) electrons. The molecule has 6 nitrogen and oxygen atoms in total. The molecule has 2 atom stereocenters. The zero-order valence-corrected chi connectivity index (χ0v) is 20.7. The fourth-order valence-corrected chi connectivity index (χ4v) is 5.07. The molecule has 192 valence electrons. The summed E-state index contributed by atoms with van der Waals surface area (Å²) in [4.78, 5) is 12.0. The molecule has 1 aliphatic rings. The zero-order valence-electron chi connectivity index (χ0n) is 20.7. The molecule has 0 spiro atoms. The number of rotatable bonds is 8. The number of hydrogen-bond acceptors (Lipinski definition) is 5. The van der Waals surface area contributed by atoms with Gasteiger partial charge in [-0.2, -0.15) is 0 Å². The van der Waals surface area contributed by atoms with Crippen molar-refractivity contribution in [2.75, 3.05) is 13.7 Å². The van der Waals surface area contributed by atoms with E-state index >= 15 is 0 Å². The summed E-state index contributed by atoms with van der Waals surface area (Å²) in [5.41, 5.74) is 4.19. The first-order valence-electron chi connectivity index (χ1n) is 12.4. The number of benzene rings is 4. The van der Waals surface area contributed by atoms with Gasteiger partial charge in [0.15, 0.2) is 0 Å². The van der Waals surface area contributed by atoms with Gasteiger partial charge in [0.2, 0.25) is 0 Å². The first-order chi connectivity index (χ1) is 18.1. The van der Waals surface area contributed by atoms with Gasteiger partial charge in [-0.1, -0.05) is 54.6 Å². The Morgan fingerprint density at radius 1 is 1.03 bits per heavy atom. The summed E-state index contributed by atoms with van der Waals surface area (Å²) in [7, 11) is 1.74. The molecule has 1 heterocycles. The molecule has 1 aliphatic heterocycles. The Bertz CT molecular complexity index is 1400. The van der Waals surface area contributed by atoms with Crippen LogP contribution < -0.4 is 4.74 Å². The Labute approximate surface area is 244 Å². The fourth-order valence-electron chi connectivity index (χ4n) is 5.07. The SMILES string of the molecule is COC1CCOC(c2cccc(COc3ccc4c(-c5ccccc5)c(CO)c(C(=O)O)cc4c3)c2)C1.[NaH]. The van der Waals surface area contributed by atoms with E-state index in [-0.39, 0.29) is 53.9 Å². The van der Waals surface area contributed by atoms with Crippen LogP contribution >= 0.6 is 0 Å². The van der Waals surface area contributed by atoms with Crippen molar-refractivity contribution in [3.63, 3.8) is 0 Å². The number of aromatic carboxylic acids is 1. The molecule has 2 N–H and O–H groups in total. The van der Waals surface area contributed by atoms with Crippen molar-refractivity contribution in [1.82, 2.24) is 0 Å². The zero-order chi connectivity index (χ0) is 25.8. The average Bonchev–Trinajstić information content (AvgIpc) is 2.95. The minimum atomic E-state index is -1.08. The van der Waals surface area contributed by atoms with E-state index in [1.807, 2.05) is 60.7 Å². The Morgan fingerprint density at radius 3 is 2.58 bits per heavy atom. The summed E-state index contributed by atoms with van der Waals surface area (Å²) in [6, 6.07) is 25.0. The van der Waals surface area contributed by atoms with Crippen molar-refractivity contribution in [2.24, 2.45) is 0 Å². The quantitative estimate of drug-likeness (QED) is 0.298. The van der Waals surface area contributed by atoms with Gasteiger partial charge in [-0.05, 0) is 63.7 Å². The van der Waals surface area contributed by atoms with E-state index in [2.05, 4.69) is 12.1 Å². The van der Waals surface area contributed by atoms with Gasteiger partial charge in [-0.15, -0.1) is 0 Å². The Kier molecular flexibility index (Phi) is 9.60. The van der Waals surface area contributed by atoms with Crippen LogP contribution in [0.1, 0.15) is 46.0 Å². The van der Waals surface area contributed by atoms with Gasteiger partial charge in [0, 0.05) is 25.7 Å². The first-order valence-corrected chi connectivity index (χ1v) is 12.4. The van der Waals surface area contributed by atoms with Gasteiger partial charge in [0.25, 0.3) is 0 Å². The average molecular weight is 523 g/mol. The predicted molar refractivity (Wildman–Crippen MR) is 149 cm³/mol. The van der Waals surface area contributed by atoms with E-state index in [0.29, 0.717) is 24.5 Å². The molecule has 38 heavy (non-hydrogen) atoms. The topological polar surface area (TPSA) is 85.2 Å². The van der Waals surface area contributed by atoms with Crippen LogP contribution in [0.4, 0.5) is 0 Å². The number of carbonyl (C=O) groups is 1.